The third-order valence-corrected chi connectivity index (χ3v) is 2.27. The van der Waals surface area contributed by atoms with Crippen LogP contribution in [0.4, 0.5) is 0 Å². The van der Waals surface area contributed by atoms with Crippen LogP contribution in [-0.2, 0) is 0 Å². The molecule has 0 N–H and O–H groups in total. The lowest BCUT2D eigenvalue weighted by atomic mass is 10.1. The second-order valence-corrected chi connectivity index (χ2v) is 3.38. The zero-order valence-electron chi connectivity index (χ0n) is 7.59. The second-order valence-electron chi connectivity index (χ2n) is 3.38. The van der Waals surface area contributed by atoms with Crippen LogP contribution in [-0.4, -0.2) is 0 Å². The highest BCUT2D eigenvalue weighted by Gasteiger charge is 2.07. The molecule has 0 saturated heterocycles. The lowest BCUT2D eigenvalue weighted by molar-refractivity contribution is 1.23. The number of hydrogen-bond acceptors (Lipinski definition) is 0. The summed E-state index contributed by atoms with van der Waals surface area (Å²) < 4.78 is 0. The van der Waals surface area contributed by atoms with E-state index in [2.05, 4.69) is 49.6 Å². The van der Waals surface area contributed by atoms with Gasteiger partial charge in [0.25, 0.3) is 0 Å². The van der Waals surface area contributed by atoms with E-state index in [1.165, 1.54) is 11.1 Å². The van der Waals surface area contributed by atoms with Crippen molar-refractivity contribution in [2.45, 2.75) is 6.42 Å². The van der Waals surface area contributed by atoms with Crippen LogP contribution in [0.2, 0.25) is 0 Å². The van der Waals surface area contributed by atoms with Gasteiger partial charge in [0.05, 0.1) is 0 Å². The lowest BCUT2D eigenvalue weighted by Gasteiger charge is -1.96. The molecule has 0 unspecified atom stereocenters. The summed E-state index contributed by atoms with van der Waals surface area (Å²) in [5.74, 6) is 0. The summed E-state index contributed by atoms with van der Waals surface area (Å²) in [6.07, 6.45) is 13.6. The van der Waals surface area contributed by atoms with Gasteiger partial charge in [-0.2, -0.15) is 0 Å². The van der Waals surface area contributed by atoms with E-state index in [1.807, 2.05) is 0 Å². The fourth-order valence-electron chi connectivity index (χ4n) is 1.54. The minimum atomic E-state index is 0.991. The van der Waals surface area contributed by atoms with E-state index in [9.17, 15) is 0 Å². The molecule has 0 radical (unpaired) electrons. The quantitative estimate of drug-likeness (QED) is 0.519. The van der Waals surface area contributed by atoms with Gasteiger partial charge >= 0.3 is 0 Å². The molecule has 0 aliphatic heterocycles. The van der Waals surface area contributed by atoms with Crippen molar-refractivity contribution >= 4 is 0 Å². The normalized spacial score (nSPS) is 20.6. The van der Waals surface area contributed by atoms with Gasteiger partial charge in [-0.25, -0.2) is 0 Å². The van der Waals surface area contributed by atoms with E-state index in [-0.39, 0.29) is 0 Å². The first-order valence-electron chi connectivity index (χ1n) is 4.40. The van der Waals surface area contributed by atoms with Crippen LogP contribution in [0.25, 0.3) is 0 Å². The molecule has 2 aliphatic carbocycles. The number of hydrogen-bond donors (Lipinski definition) is 0. The van der Waals surface area contributed by atoms with Crippen molar-refractivity contribution in [2.24, 2.45) is 0 Å². The first kappa shape index (κ1) is 8.06. The predicted octanol–water partition coefficient (Wildman–Crippen LogP) is 3.48. The van der Waals surface area contributed by atoms with Crippen LogP contribution in [0.15, 0.2) is 71.9 Å². The largest absolute Gasteiger partial charge is 0.0912 e. The topological polar surface area (TPSA) is 0 Å². The van der Waals surface area contributed by atoms with Crippen LogP contribution in [0.5, 0.6) is 0 Å². The molecule has 0 saturated carbocycles. The Kier molecular flexibility index (Phi) is 1.90. The Morgan fingerprint density at radius 1 is 0.846 bits per heavy atom. The van der Waals surface area contributed by atoms with Gasteiger partial charge in [0, 0.05) is 0 Å². The van der Waals surface area contributed by atoms with Crippen LogP contribution in [0, 0.1) is 0 Å². The standard InChI is InChI=1S/C13H12/c1-10-7-12-5-3-4-6-13(9-12)8-11(10)2/h3-8H,1-2,9H2. The Morgan fingerprint density at radius 3 is 1.77 bits per heavy atom. The summed E-state index contributed by atoms with van der Waals surface area (Å²) in [6.45, 7) is 7.94. The average molecular weight is 168 g/mol. The van der Waals surface area contributed by atoms with E-state index in [1.54, 1.807) is 0 Å². The predicted molar refractivity (Wildman–Crippen MR) is 57.3 cm³/mol. The first-order chi connectivity index (χ1) is 6.25. The van der Waals surface area contributed by atoms with Crippen LogP contribution < -0.4 is 0 Å². The minimum absolute atomic E-state index is 0.991. The van der Waals surface area contributed by atoms with Gasteiger partial charge in [0.15, 0.2) is 0 Å². The number of allylic oxidation sites excluding steroid dienone is 10. The maximum absolute atomic E-state index is 3.97. The molecule has 0 aromatic carbocycles. The molecule has 0 heterocycles. The fourth-order valence-corrected chi connectivity index (χ4v) is 1.54. The third kappa shape index (κ3) is 1.62. The zero-order chi connectivity index (χ0) is 9.26. The van der Waals surface area contributed by atoms with E-state index in [4.69, 9.17) is 0 Å². The Morgan fingerprint density at radius 2 is 1.31 bits per heavy atom. The van der Waals surface area contributed by atoms with Crippen molar-refractivity contribution < 1.29 is 0 Å². The molecule has 0 heteroatoms. The molecule has 0 aromatic heterocycles. The highest BCUT2D eigenvalue weighted by atomic mass is 14.1. The summed E-state index contributed by atoms with van der Waals surface area (Å²) in [5.41, 5.74) is 4.65. The van der Waals surface area contributed by atoms with Gasteiger partial charge in [-0.1, -0.05) is 49.6 Å². The van der Waals surface area contributed by atoms with Gasteiger partial charge in [-0.3, -0.25) is 0 Å². The molecule has 2 rings (SSSR count). The molecule has 0 spiro atoms. The third-order valence-electron chi connectivity index (χ3n) is 2.27. The van der Waals surface area contributed by atoms with Crippen LogP contribution >= 0.6 is 0 Å². The smallest absolute Gasteiger partial charge is 0.00253 e. The van der Waals surface area contributed by atoms with Gasteiger partial charge in [-0.15, -0.1) is 0 Å². The van der Waals surface area contributed by atoms with Crippen molar-refractivity contribution in [1.29, 1.82) is 0 Å². The summed E-state index contributed by atoms with van der Waals surface area (Å²) in [7, 11) is 0. The van der Waals surface area contributed by atoms with Crippen molar-refractivity contribution in [2.75, 3.05) is 0 Å². The van der Waals surface area contributed by atoms with Gasteiger partial charge in [0.1, 0.15) is 0 Å². The molecule has 2 aliphatic rings. The van der Waals surface area contributed by atoms with Gasteiger partial charge in [0.2, 0.25) is 0 Å². The van der Waals surface area contributed by atoms with Crippen molar-refractivity contribution in [1.82, 2.24) is 0 Å². The Hall–Kier alpha value is -1.56. The molecule has 0 nitrogen and oxygen atoms in total. The highest BCUT2D eigenvalue weighted by molar-refractivity contribution is 5.54. The second kappa shape index (κ2) is 3.06. The van der Waals surface area contributed by atoms with Crippen LogP contribution in [0.1, 0.15) is 6.42 Å². The number of fused-ring (bicyclic) bond motifs is 2. The summed E-state index contributed by atoms with van der Waals surface area (Å²) in [4.78, 5) is 0. The Labute approximate surface area is 79.0 Å². The monoisotopic (exact) mass is 168 g/mol. The molecule has 0 atom stereocenters. The zero-order valence-corrected chi connectivity index (χ0v) is 7.59. The fraction of sp³-hybridized carbons (Fsp3) is 0.0769. The molecular weight excluding hydrogens is 156 g/mol. The van der Waals surface area contributed by atoms with E-state index >= 15 is 0 Å². The Bertz CT molecular complexity index is 346. The molecule has 13 heavy (non-hydrogen) atoms. The maximum Gasteiger partial charge on any atom is -0.00253 e. The van der Waals surface area contributed by atoms with Crippen molar-refractivity contribution in [3.63, 3.8) is 0 Å². The van der Waals surface area contributed by atoms with Gasteiger partial charge < -0.3 is 0 Å². The highest BCUT2D eigenvalue weighted by Crippen LogP contribution is 2.26. The first-order valence-corrected chi connectivity index (χ1v) is 4.40. The summed E-state index contributed by atoms with van der Waals surface area (Å²) in [6, 6.07) is 0. The molecule has 64 valence electrons. The van der Waals surface area contributed by atoms with E-state index in [0.717, 1.165) is 17.6 Å². The van der Waals surface area contributed by atoms with E-state index < -0.39 is 0 Å². The van der Waals surface area contributed by atoms with E-state index in [0.29, 0.717) is 0 Å². The molecule has 0 amide bonds. The average Bonchev–Trinajstić information content (AvgIpc) is 2.36. The summed E-state index contributed by atoms with van der Waals surface area (Å²) >= 11 is 0. The molecule has 0 fully saturated rings. The van der Waals surface area contributed by atoms with Crippen molar-refractivity contribution in [3.8, 4) is 0 Å². The molecule has 0 aromatic rings. The van der Waals surface area contributed by atoms with Crippen molar-refractivity contribution in [3.05, 3.63) is 71.9 Å². The summed E-state index contributed by atoms with van der Waals surface area (Å²) in [5, 5.41) is 0. The molecular formula is C13H12. The maximum atomic E-state index is 3.97. The van der Waals surface area contributed by atoms with Crippen LogP contribution in [0.3, 0.4) is 0 Å². The number of rotatable bonds is 0. The SMILES string of the molecule is C=C1C=C2C=CC=CC(=CC1=C)C2. The Balaban J connectivity index is 2.52. The lowest BCUT2D eigenvalue weighted by Crippen LogP contribution is -1.77. The minimum Gasteiger partial charge on any atom is -0.0912 e. The molecule has 2 bridgehead atoms. The van der Waals surface area contributed by atoms with Gasteiger partial charge in [-0.05, 0) is 28.7 Å².